The molecule has 0 saturated carbocycles. The highest BCUT2D eigenvalue weighted by Crippen LogP contribution is 2.36. The molecule has 0 radical (unpaired) electrons. The topological polar surface area (TPSA) is 61.8 Å². The third kappa shape index (κ3) is 4.82. The first kappa shape index (κ1) is 19.9. The molecule has 0 atom stereocenters. The first-order valence-electron chi connectivity index (χ1n) is 7.96. The molecule has 0 aliphatic carbocycles. The molecule has 0 heterocycles. The van der Waals surface area contributed by atoms with Gasteiger partial charge < -0.3 is 14.2 Å². The molecular formula is C21H19FO5. The van der Waals surface area contributed by atoms with Crippen molar-refractivity contribution in [3.63, 3.8) is 0 Å². The zero-order valence-corrected chi connectivity index (χ0v) is 15.3. The van der Waals surface area contributed by atoms with Gasteiger partial charge in [-0.1, -0.05) is 13.2 Å². The van der Waals surface area contributed by atoms with E-state index < -0.39 is 17.8 Å². The average Bonchev–Trinajstić information content (AvgIpc) is 2.61. The summed E-state index contributed by atoms with van der Waals surface area (Å²) in [4.78, 5) is 23.2. The normalized spacial score (nSPS) is 10.1. The van der Waals surface area contributed by atoms with Crippen LogP contribution in [0.4, 0.5) is 4.39 Å². The van der Waals surface area contributed by atoms with Crippen LogP contribution in [0.3, 0.4) is 0 Å². The molecule has 0 saturated heterocycles. The lowest BCUT2D eigenvalue weighted by atomic mass is 10.0. The molecule has 27 heavy (non-hydrogen) atoms. The van der Waals surface area contributed by atoms with Crippen LogP contribution in [0, 0.1) is 5.82 Å². The Kier molecular flexibility index (Phi) is 6.13. The molecule has 0 unspecified atom stereocenters. The van der Waals surface area contributed by atoms with E-state index in [9.17, 15) is 14.0 Å². The zero-order chi connectivity index (χ0) is 20.1. The van der Waals surface area contributed by atoms with Gasteiger partial charge in [0.1, 0.15) is 23.1 Å². The fourth-order valence-electron chi connectivity index (χ4n) is 2.12. The summed E-state index contributed by atoms with van der Waals surface area (Å²) in [5.41, 5.74) is 1.15. The maximum atomic E-state index is 14.6. The SMILES string of the molecule is C=C(C)C(=O)Oc1ccc(-c2ccc(OC(=O)C(=C)C)cc2OC)c(F)c1. The number of ether oxygens (including phenoxy) is 3. The Hall–Kier alpha value is -3.41. The zero-order valence-electron chi connectivity index (χ0n) is 15.3. The summed E-state index contributed by atoms with van der Waals surface area (Å²) in [5, 5.41) is 0. The van der Waals surface area contributed by atoms with Gasteiger partial charge in [0, 0.05) is 34.4 Å². The number of benzene rings is 2. The van der Waals surface area contributed by atoms with E-state index in [1.807, 2.05) is 0 Å². The van der Waals surface area contributed by atoms with Crippen molar-refractivity contribution in [2.75, 3.05) is 7.11 Å². The summed E-state index contributed by atoms with van der Waals surface area (Å²) in [5.74, 6) is -1.19. The highest BCUT2D eigenvalue weighted by atomic mass is 19.1. The van der Waals surface area contributed by atoms with Gasteiger partial charge in [-0.25, -0.2) is 14.0 Å². The first-order chi connectivity index (χ1) is 12.7. The number of carbonyl (C=O) groups excluding carboxylic acids is 2. The van der Waals surface area contributed by atoms with Crippen LogP contribution in [-0.2, 0) is 9.59 Å². The van der Waals surface area contributed by atoms with Gasteiger partial charge >= 0.3 is 11.9 Å². The van der Waals surface area contributed by atoms with Crippen LogP contribution in [0.25, 0.3) is 11.1 Å². The van der Waals surface area contributed by atoms with E-state index in [0.717, 1.165) is 6.07 Å². The average molecular weight is 370 g/mol. The fraction of sp³-hybridized carbons (Fsp3) is 0.143. The minimum Gasteiger partial charge on any atom is -0.496 e. The number of carbonyl (C=O) groups is 2. The predicted octanol–water partition coefficient (Wildman–Crippen LogP) is 4.46. The van der Waals surface area contributed by atoms with E-state index in [1.165, 1.54) is 45.2 Å². The van der Waals surface area contributed by atoms with Gasteiger partial charge in [-0.05, 0) is 38.1 Å². The maximum absolute atomic E-state index is 14.6. The molecule has 0 fully saturated rings. The van der Waals surface area contributed by atoms with E-state index in [4.69, 9.17) is 14.2 Å². The Balaban J connectivity index is 2.34. The Morgan fingerprint density at radius 1 is 0.852 bits per heavy atom. The minimum absolute atomic E-state index is 0.0650. The molecule has 2 aromatic rings. The number of halogens is 1. The molecule has 0 aromatic heterocycles. The van der Waals surface area contributed by atoms with E-state index >= 15 is 0 Å². The summed E-state index contributed by atoms with van der Waals surface area (Å²) in [6.45, 7) is 10.0. The van der Waals surface area contributed by atoms with Crippen molar-refractivity contribution in [2.45, 2.75) is 13.8 Å². The molecule has 2 aromatic carbocycles. The van der Waals surface area contributed by atoms with Crippen molar-refractivity contribution in [2.24, 2.45) is 0 Å². The van der Waals surface area contributed by atoms with Crippen molar-refractivity contribution in [1.29, 1.82) is 0 Å². The Labute approximate surface area is 156 Å². The third-order valence-electron chi connectivity index (χ3n) is 3.52. The Morgan fingerprint density at radius 3 is 1.78 bits per heavy atom. The molecule has 0 spiro atoms. The summed E-state index contributed by atoms with van der Waals surface area (Å²) < 4.78 is 30.0. The van der Waals surface area contributed by atoms with Crippen molar-refractivity contribution >= 4 is 11.9 Å². The van der Waals surface area contributed by atoms with Gasteiger partial charge in [-0.3, -0.25) is 0 Å². The summed E-state index contributed by atoms with van der Waals surface area (Å²) >= 11 is 0. The number of rotatable bonds is 6. The van der Waals surface area contributed by atoms with Crippen molar-refractivity contribution in [3.8, 4) is 28.4 Å². The number of methoxy groups -OCH3 is 1. The summed E-state index contributed by atoms with van der Waals surface area (Å²) in [6, 6.07) is 8.60. The Morgan fingerprint density at radius 2 is 1.33 bits per heavy atom. The Bertz CT molecular complexity index is 930. The van der Waals surface area contributed by atoms with Crippen LogP contribution in [-0.4, -0.2) is 19.0 Å². The van der Waals surface area contributed by atoms with Gasteiger partial charge in [-0.2, -0.15) is 0 Å². The van der Waals surface area contributed by atoms with E-state index in [2.05, 4.69) is 13.2 Å². The number of esters is 2. The molecular weight excluding hydrogens is 351 g/mol. The second kappa shape index (κ2) is 8.31. The van der Waals surface area contributed by atoms with Gasteiger partial charge in [0.2, 0.25) is 0 Å². The van der Waals surface area contributed by atoms with Crippen LogP contribution < -0.4 is 14.2 Å². The van der Waals surface area contributed by atoms with Crippen LogP contribution >= 0.6 is 0 Å². The molecule has 5 nitrogen and oxygen atoms in total. The van der Waals surface area contributed by atoms with Gasteiger partial charge in [-0.15, -0.1) is 0 Å². The lowest BCUT2D eigenvalue weighted by Gasteiger charge is -2.13. The van der Waals surface area contributed by atoms with Crippen LogP contribution in [0.5, 0.6) is 17.2 Å². The highest BCUT2D eigenvalue weighted by molar-refractivity contribution is 5.89. The van der Waals surface area contributed by atoms with E-state index in [1.54, 1.807) is 6.07 Å². The maximum Gasteiger partial charge on any atom is 0.338 e. The number of hydrogen-bond donors (Lipinski definition) is 0. The summed E-state index contributed by atoms with van der Waals surface area (Å²) in [7, 11) is 1.42. The molecule has 6 heteroatoms. The van der Waals surface area contributed by atoms with Crippen molar-refractivity contribution in [1.82, 2.24) is 0 Å². The lowest BCUT2D eigenvalue weighted by Crippen LogP contribution is -2.08. The second-order valence-corrected chi connectivity index (χ2v) is 5.84. The molecule has 0 N–H and O–H groups in total. The third-order valence-corrected chi connectivity index (χ3v) is 3.52. The fourth-order valence-corrected chi connectivity index (χ4v) is 2.12. The monoisotopic (exact) mass is 370 g/mol. The van der Waals surface area contributed by atoms with Crippen molar-refractivity contribution < 1.29 is 28.2 Å². The standard InChI is InChI=1S/C21H19FO5/c1-12(2)20(23)26-14-6-8-16(18(22)10-14)17-9-7-15(11-19(17)25-5)27-21(24)13(3)4/h6-11H,1,3H2,2,4-5H3. The van der Waals surface area contributed by atoms with Crippen LogP contribution in [0.1, 0.15) is 13.8 Å². The van der Waals surface area contributed by atoms with E-state index in [-0.39, 0.29) is 28.2 Å². The van der Waals surface area contributed by atoms with Crippen molar-refractivity contribution in [3.05, 3.63) is 66.5 Å². The van der Waals surface area contributed by atoms with E-state index in [0.29, 0.717) is 11.3 Å². The molecule has 0 bridgehead atoms. The summed E-state index contributed by atoms with van der Waals surface area (Å²) in [6.07, 6.45) is 0. The largest absolute Gasteiger partial charge is 0.496 e. The molecule has 0 amide bonds. The number of hydrogen-bond acceptors (Lipinski definition) is 5. The molecule has 0 aliphatic rings. The van der Waals surface area contributed by atoms with Gasteiger partial charge in [0.05, 0.1) is 7.11 Å². The molecule has 2 rings (SSSR count). The highest BCUT2D eigenvalue weighted by Gasteiger charge is 2.15. The minimum atomic E-state index is -0.636. The quantitative estimate of drug-likeness (QED) is 0.427. The van der Waals surface area contributed by atoms with Gasteiger partial charge in [0.15, 0.2) is 0 Å². The van der Waals surface area contributed by atoms with Crippen LogP contribution in [0.2, 0.25) is 0 Å². The van der Waals surface area contributed by atoms with Gasteiger partial charge in [0.25, 0.3) is 0 Å². The lowest BCUT2D eigenvalue weighted by molar-refractivity contribution is -0.130. The first-order valence-corrected chi connectivity index (χ1v) is 7.96. The molecule has 0 aliphatic heterocycles. The smallest absolute Gasteiger partial charge is 0.338 e. The second-order valence-electron chi connectivity index (χ2n) is 5.84. The molecule has 140 valence electrons. The van der Waals surface area contributed by atoms with Crippen LogP contribution in [0.15, 0.2) is 60.7 Å². The predicted molar refractivity (Wildman–Crippen MR) is 99.3 cm³/mol.